The molecule has 0 heterocycles. The van der Waals surface area contributed by atoms with Crippen molar-refractivity contribution in [1.82, 2.24) is 0 Å². The first-order valence-corrected chi connectivity index (χ1v) is 10.1. The summed E-state index contributed by atoms with van der Waals surface area (Å²) in [5.74, 6) is 4.68. The lowest BCUT2D eigenvalue weighted by molar-refractivity contribution is -0.117. The number of hydrogen-bond acceptors (Lipinski definition) is 1. The van der Waals surface area contributed by atoms with Crippen LogP contribution in [-0.4, -0.2) is 5.78 Å². The number of hydrogen-bond donors (Lipinski definition) is 0. The van der Waals surface area contributed by atoms with Gasteiger partial charge in [0.25, 0.3) is 0 Å². The largest absolute Gasteiger partial charge is 0.295 e. The van der Waals surface area contributed by atoms with E-state index in [4.69, 9.17) is 0 Å². The van der Waals surface area contributed by atoms with Crippen molar-refractivity contribution in [2.75, 3.05) is 0 Å². The quantitative estimate of drug-likeness (QED) is 0.517. The van der Waals surface area contributed by atoms with Crippen LogP contribution in [0.15, 0.2) is 11.6 Å². The molecular formula is C22H34O. The first-order valence-electron chi connectivity index (χ1n) is 10.1. The minimum absolute atomic E-state index is 0.193. The third-order valence-corrected chi connectivity index (χ3v) is 8.93. The van der Waals surface area contributed by atoms with E-state index < -0.39 is 0 Å². The van der Waals surface area contributed by atoms with Gasteiger partial charge >= 0.3 is 0 Å². The summed E-state index contributed by atoms with van der Waals surface area (Å²) < 4.78 is 0. The van der Waals surface area contributed by atoms with Crippen molar-refractivity contribution in [3.05, 3.63) is 11.6 Å². The molecule has 0 spiro atoms. The fourth-order valence-electron chi connectivity index (χ4n) is 7.62. The fraction of sp³-hybridized carbons (Fsp3) is 0.864. The lowest BCUT2D eigenvalue weighted by Crippen LogP contribution is -2.52. The highest BCUT2D eigenvalue weighted by Crippen LogP contribution is 2.67. The lowest BCUT2D eigenvalue weighted by Gasteiger charge is -2.60. The normalized spacial score (nSPS) is 54.5. The highest BCUT2D eigenvalue weighted by Gasteiger charge is 2.60. The molecule has 128 valence electrons. The van der Waals surface area contributed by atoms with Crippen LogP contribution in [0.25, 0.3) is 0 Å². The predicted molar refractivity (Wildman–Crippen MR) is 95.0 cm³/mol. The molecule has 4 aliphatic carbocycles. The summed E-state index contributed by atoms with van der Waals surface area (Å²) in [4.78, 5) is 12.6. The highest BCUT2D eigenvalue weighted by atomic mass is 16.1. The SMILES string of the molecule is C/C=C1/C(=O)C[C@H]2[C@@H]3CCC4C[C@@H](C)CC[C@]4(C)[C@H]3CC[C@]12C. The van der Waals surface area contributed by atoms with Gasteiger partial charge in [-0.15, -0.1) is 0 Å². The summed E-state index contributed by atoms with van der Waals surface area (Å²) in [6.45, 7) is 9.56. The van der Waals surface area contributed by atoms with Gasteiger partial charge in [0.05, 0.1) is 0 Å². The highest BCUT2D eigenvalue weighted by molar-refractivity contribution is 5.99. The molecule has 4 fully saturated rings. The number of Topliss-reactive ketones (excluding diaryl/α,β-unsaturated/α-hetero) is 1. The van der Waals surface area contributed by atoms with Gasteiger partial charge in [-0.1, -0.05) is 33.3 Å². The van der Waals surface area contributed by atoms with Crippen molar-refractivity contribution in [3.8, 4) is 0 Å². The minimum Gasteiger partial charge on any atom is -0.295 e. The number of fused-ring (bicyclic) bond motifs is 5. The Morgan fingerprint density at radius 1 is 1.04 bits per heavy atom. The monoisotopic (exact) mass is 314 g/mol. The van der Waals surface area contributed by atoms with Gasteiger partial charge in [-0.05, 0) is 91.4 Å². The molecule has 0 bridgehead atoms. The Hall–Kier alpha value is -0.590. The van der Waals surface area contributed by atoms with E-state index in [1.54, 1.807) is 0 Å². The molecule has 1 heteroatoms. The van der Waals surface area contributed by atoms with E-state index in [0.29, 0.717) is 17.1 Å². The van der Waals surface area contributed by atoms with Crippen molar-refractivity contribution >= 4 is 5.78 Å². The Labute approximate surface area is 142 Å². The summed E-state index contributed by atoms with van der Waals surface area (Å²) >= 11 is 0. The molecule has 0 aromatic carbocycles. The zero-order valence-electron chi connectivity index (χ0n) is 15.5. The first kappa shape index (κ1) is 15.9. The van der Waals surface area contributed by atoms with Crippen LogP contribution in [0.1, 0.15) is 79.1 Å². The summed E-state index contributed by atoms with van der Waals surface area (Å²) in [6.07, 6.45) is 12.7. The third kappa shape index (κ3) is 2.07. The van der Waals surface area contributed by atoms with Gasteiger partial charge < -0.3 is 0 Å². The third-order valence-electron chi connectivity index (χ3n) is 8.93. The average Bonchev–Trinajstić information content (AvgIpc) is 2.77. The molecule has 0 saturated heterocycles. The molecule has 4 aliphatic rings. The minimum atomic E-state index is 0.193. The van der Waals surface area contributed by atoms with Crippen LogP contribution in [0.3, 0.4) is 0 Å². The number of allylic oxidation sites excluding steroid dienone is 2. The van der Waals surface area contributed by atoms with E-state index in [1.165, 1.54) is 50.5 Å². The molecule has 1 nitrogen and oxygen atoms in total. The van der Waals surface area contributed by atoms with Gasteiger partial charge in [-0.2, -0.15) is 0 Å². The Balaban J connectivity index is 1.66. The Morgan fingerprint density at radius 3 is 2.57 bits per heavy atom. The van der Waals surface area contributed by atoms with Crippen LogP contribution in [0.4, 0.5) is 0 Å². The van der Waals surface area contributed by atoms with Gasteiger partial charge in [-0.3, -0.25) is 4.79 Å². The fourth-order valence-corrected chi connectivity index (χ4v) is 7.62. The zero-order chi connectivity index (χ0) is 16.4. The smallest absolute Gasteiger partial charge is 0.159 e. The van der Waals surface area contributed by atoms with Crippen LogP contribution in [0.2, 0.25) is 0 Å². The van der Waals surface area contributed by atoms with Crippen LogP contribution in [0.5, 0.6) is 0 Å². The van der Waals surface area contributed by atoms with E-state index >= 15 is 0 Å². The predicted octanol–water partition coefficient (Wildman–Crippen LogP) is 5.79. The first-order chi connectivity index (χ1) is 10.9. The van der Waals surface area contributed by atoms with E-state index in [-0.39, 0.29) is 5.41 Å². The average molecular weight is 315 g/mol. The van der Waals surface area contributed by atoms with Crippen LogP contribution in [0, 0.1) is 40.4 Å². The zero-order valence-corrected chi connectivity index (χ0v) is 15.5. The molecule has 0 amide bonds. The number of carbonyl (C=O) groups excluding carboxylic acids is 1. The molecule has 0 aromatic heterocycles. The second kappa shape index (κ2) is 5.20. The molecule has 4 rings (SSSR count). The summed E-state index contributed by atoms with van der Waals surface area (Å²) in [7, 11) is 0. The molecule has 0 radical (unpaired) electrons. The molecule has 0 aromatic rings. The van der Waals surface area contributed by atoms with Gasteiger partial charge in [0, 0.05) is 6.42 Å². The Kier molecular flexibility index (Phi) is 3.60. The molecular weight excluding hydrogens is 280 g/mol. The van der Waals surface area contributed by atoms with Crippen LogP contribution < -0.4 is 0 Å². The Morgan fingerprint density at radius 2 is 1.83 bits per heavy atom. The van der Waals surface area contributed by atoms with Crippen molar-refractivity contribution in [2.24, 2.45) is 40.4 Å². The van der Waals surface area contributed by atoms with Gasteiger partial charge in [0.1, 0.15) is 0 Å². The standard InChI is InChI=1S/C22H34O/c1-5-17-20(23)13-19-16-7-6-15-12-14(2)8-10-21(15,3)18(16)9-11-22(17,19)4/h5,14-16,18-19H,6-13H2,1-4H3/b17-5-/t14-,15?,16+,18-,19-,21-,22+/m0/s1. The maximum Gasteiger partial charge on any atom is 0.159 e. The van der Waals surface area contributed by atoms with E-state index in [9.17, 15) is 4.79 Å². The summed E-state index contributed by atoms with van der Waals surface area (Å²) in [5.41, 5.74) is 1.93. The second-order valence-electron chi connectivity index (χ2n) is 9.82. The van der Waals surface area contributed by atoms with Gasteiger partial charge in [0.15, 0.2) is 5.78 Å². The molecule has 7 atom stereocenters. The molecule has 4 saturated carbocycles. The number of rotatable bonds is 0. The molecule has 0 N–H and O–H groups in total. The van der Waals surface area contributed by atoms with Gasteiger partial charge in [0.2, 0.25) is 0 Å². The topological polar surface area (TPSA) is 17.1 Å². The second-order valence-corrected chi connectivity index (χ2v) is 9.82. The summed E-state index contributed by atoms with van der Waals surface area (Å²) in [6, 6.07) is 0. The van der Waals surface area contributed by atoms with Crippen molar-refractivity contribution < 1.29 is 4.79 Å². The van der Waals surface area contributed by atoms with Gasteiger partial charge in [-0.25, -0.2) is 0 Å². The lowest BCUT2D eigenvalue weighted by atomic mass is 9.44. The van der Waals surface area contributed by atoms with E-state index in [2.05, 4.69) is 33.8 Å². The molecule has 1 unspecified atom stereocenters. The maximum absolute atomic E-state index is 12.6. The van der Waals surface area contributed by atoms with Crippen LogP contribution in [-0.2, 0) is 4.79 Å². The number of carbonyl (C=O) groups is 1. The van der Waals surface area contributed by atoms with Crippen LogP contribution >= 0.6 is 0 Å². The van der Waals surface area contributed by atoms with E-state index in [1.807, 2.05) is 0 Å². The van der Waals surface area contributed by atoms with E-state index in [0.717, 1.165) is 30.1 Å². The maximum atomic E-state index is 12.6. The Bertz CT molecular complexity index is 546. The van der Waals surface area contributed by atoms with Crippen molar-refractivity contribution in [2.45, 2.75) is 79.1 Å². The molecule has 0 aliphatic heterocycles. The number of ketones is 1. The summed E-state index contributed by atoms with van der Waals surface area (Å²) in [5, 5.41) is 0. The van der Waals surface area contributed by atoms with Crippen molar-refractivity contribution in [1.29, 1.82) is 0 Å². The molecule has 23 heavy (non-hydrogen) atoms. The van der Waals surface area contributed by atoms with Crippen molar-refractivity contribution in [3.63, 3.8) is 0 Å².